The second-order valence-corrected chi connectivity index (χ2v) is 5.02. The fraction of sp³-hybridized carbons (Fsp3) is 0.375. The van der Waals surface area contributed by atoms with Gasteiger partial charge >= 0.3 is 0 Å². The van der Waals surface area contributed by atoms with Crippen molar-refractivity contribution < 1.29 is 14.7 Å². The quantitative estimate of drug-likeness (QED) is 0.745. The van der Waals surface area contributed by atoms with Crippen molar-refractivity contribution in [3.8, 4) is 0 Å². The molecule has 5 heteroatoms. The highest BCUT2D eigenvalue weighted by Crippen LogP contribution is 2.08. The summed E-state index contributed by atoms with van der Waals surface area (Å²) in [5.41, 5.74) is 6.42. The van der Waals surface area contributed by atoms with E-state index in [0.717, 1.165) is 5.56 Å². The minimum Gasteiger partial charge on any atom is -0.396 e. The Kier molecular flexibility index (Phi) is 6.62. The number of nitrogens with two attached hydrogens (primary N) is 1. The van der Waals surface area contributed by atoms with Crippen molar-refractivity contribution in [3.63, 3.8) is 0 Å². The summed E-state index contributed by atoms with van der Waals surface area (Å²) in [5, 5.41) is 8.86. The van der Waals surface area contributed by atoms with Crippen LogP contribution in [0.5, 0.6) is 0 Å². The van der Waals surface area contributed by atoms with Crippen LogP contribution < -0.4 is 5.73 Å². The van der Waals surface area contributed by atoms with Gasteiger partial charge in [0.15, 0.2) is 0 Å². The summed E-state index contributed by atoms with van der Waals surface area (Å²) in [5.74, 6) is -0.575. The fourth-order valence-corrected chi connectivity index (χ4v) is 1.89. The third kappa shape index (κ3) is 5.39. The van der Waals surface area contributed by atoms with E-state index in [2.05, 4.69) is 0 Å². The zero-order chi connectivity index (χ0) is 15.8. The number of carbonyl (C=O) groups excluding carboxylic acids is 2. The first kappa shape index (κ1) is 16.9. The molecule has 1 aromatic carbocycles. The maximum Gasteiger partial charge on any atom is 0.248 e. The van der Waals surface area contributed by atoms with E-state index in [1.165, 1.54) is 6.08 Å². The van der Waals surface area contributed by atoms with Gasteiger partial charge in [0.1, 0.15) is 0 Å². The van der Waals surface area contributed by atoms with Crippen LogP contribution in [0.4, 0.5) is 0 Å². The highest BCUT2D eigenvalue weighted by molar-refractivity contribution is 5.94. The lowest BCUT2D eigenvalue weighted by atomic mass is 10.1. The zero-order valence-electron chi connectivity index (χ0n) is 12.5. The number of aliphatic hydroxyl groups excluding tert-OH is 1. The van der Waals surface area contributed by atoms with Crippen LogP contribution in [0.1, 0.15) is 36.2 Å². The van der Waals surface area contributed by atoms with E-state index >= 15 is 0 Å². The summed E-state index contributed by atoms with van der Waals surface area (Å²) in [7, 11) is 0. The van der Waals surface area contributed by atoms with Crippen molar-refractivity contribution in [2.45, 2.75) is 26.3 Å². The van der Waals surface area contributed by atoms with Crippen LogP contribution in [-0.2, 0) is 4.79 Å². The molecule has 0 unspecified atom stereocenters. The van der Waals surface area contributed by atoms with Gasteiger partial charge in [0, 0.05) is 30.8 Å². The molecule has 0 spiro atoms. The smallest absolute Gasteiger partial charge is 0.248 e. The van der Waals surface area contributed by atoms with Crippen LogP contribution in [0.15, 0.2) is 30.3 Å². The van der Waals surface area contributed by atoms with E-state index in [1.54, 1.807) is 35.2 Å². The maximum absolute atomic E-state index is 12.1. The third-order valence-corrected chi connectivity index (χ3v) is 3.08. The number of primary amides is 1. The molecule has 0 heterocycles. The van der Waals surface area contributed by atoms with Gasteiger partial charge in [-0.05, 0) is 44.0 Å². The van der Waals surface area contributed by atoms with Crippen molar-refractivity contribution >= 4 is 17.9 Å². The molecule has 0 aliphatic heterocycles. The van der Waals surface area contributed by atoms with Crippen LogP contribution in [0.2, 0.25) is 0 Å². The first-order valence-corrected chi connectivity index (χ1v) is 6.95. The average Bonchev–Trinajstić information content (AvgIpc) is 2.45. The molecule has 0 aliphatic rings. The molecule has 3 N–H and O–H groups in total. The largest absolute Gasteiger partial charge is 0.396 e. The van der Waals surface area contributed by atoms with E-state index in [0.29, 0.717) is 18.5 Å². The molecule has 1 rings (SSSR count). The lowest BCUT2D eigenvalue weighted by Crippen LogP contribution is -2.36. The fourth-order valence-electron chi connectivity index (χ4n) is 1.89. The predicted molar refractivity (Wildman–Crippen MR) is 82.5 cm³/mol. The van der Waals surface area contributed by atoms with E-state index in [9.17, 15) is 9.59 Å². The van der Waals surface area contributed by atoms with Gasteiger partial charge in [0.25, 0.3) is 0 Å². The first-order valence-electron chi connectivity index (χ1n) is 6.95. The Bertz CT molecular complexity index is 507. The number of hydrogen-bond donors (Lipinski definition) is 2. The zero-order valence-corrected chi connectivity index (χ0v) is 12.5. The Labute approximate surface area is 125 Å². The van der Waals surface area contributed by atoms with Gasteiger partial charge in [0.05, 0.1) is 0 Å². The van der Waals surface area contributed by atoms with Gasteiger partial charge in [-0.1, -0.05) is 12.1 Å². The molecule has 0 fully saturated rings. The van der Waals surface area contributed by atoms with Gasteiger partial charge in [-0.15, -0.1) is 0 Å². The normalized spacial score (nSPS) is 11.0. The Balaban J connectivity index is 2.73. The van der Waals surface area contributed by atoms with E-state index < -0.39 is 5.91 Å². The predicted octanol–water partition coefficient (Wildman–Crippen LogP) is 1.42. The molecule has 0 radical (unpaired) electrons. The van der Waals surface area contributed by atoms with Crippen LogP contribution in [-0.4, -0.2) is 41.0 Å². The highest BCUT2D eigenvalue weighted by Gasteiger charge is 2.13. The first-order chi connectivity index (χ1) is 9.95. The van der Waals surface area contributed by atoms with Gasteiger partial charge < -0.3 is 15.7 Å². The molecular formula is C16H22N2O3. The summed E-state index contributed by atoms with van der Waals surface area (Å²) in [6, 6.07) is 6.79. The number of carbonyl (C=O) groups is 2. The molecule has 0 aromatic heterocycles. The van der Waals surface area contributed by atoms with Gasteiger partial charge in [-0.3, -0.25) is 9.59 Å². The summed E-state index contributed by atoms with van der Waals surface area (Å²) in [6.07, 6.45) is 3.75. The SMILES string of the molecule is CC(C)N(CCCO)C(=O)/C=C/c1ccc(C(N)=O)cc1. The molecular weight excluding hydrogens is 268 g/mol. The monoisotopic (exact) mass is 290 g/mol. The third-order valence-electron chi connectivity index (χ3n) is 3.08. The number of rotatable bonds is 7. The molecule has 0 bridgehead atoms. The van der Waals surface area contributed by atoms with Crippen molar-refractivity contribution in [1.82, 2.24) is 4.90 Å². The average molecular weight is 290 g/mol. The number of amides is 2. The van der Waals surface area contributed by atoms with Crippen molar-refractivity contribution in [2.75, 3.05) is 13.2 Å². The molecule has 0 saturated carbocycles. The number of hydrogen-bond acceptors (Lipinski definition) is 3. The minimum atomic E-state index is -0.475. The molecule has 0 aliphatic carbocycles. The molecule has 2 amide bonds. The summed E-state index contributed by atoms with van der Waals surface area (Å²) < 4.78 is 0. The highest BCUT2D eigenvalue weighted by atomic mass is 16.3. The molecule has 1 aromatic rings. The topological polar surface area (TPSA) is 83.6 Å². The Morgan fingerprint density at radius 1 is 1.29 bits per heavy atom. The van der Waals surface area contributed by atoms with Gasteiger partial charge in [-0.2, -0.15) is 0 Å². The lowest BCUT2D eigenvalue weighted by molar-refractivity contribution is -0.127. The molecule has 21 heavy (non-hydrogen) atoms. The van der Waals surface area contributed by atoms with E-state index in [1.807, 2.05) is 13.8 Å². The standard InChI is InChI=1S/C16H22N2O3/c1-12(2)18(10-3-11-19)15(20)9-6-13-4-7-14(8-5-13)16(17)21/h4-9,12,19H,3,10-11H2,1-2H3,(H2,17,21)/b9-6+. The Morgan fingerprint density at radius 3 is 2.38 bits per heavy atom. The van der Waals surface area contributed by atoms with Crippen molar-refractivity contribution in [3.05, 3.63) is 41.5 Å². The molecule has 0 atom stereocenters. The summed E-state index contributed by atoms with van der Waals surface area (Å²) in [6.45, 7) is 4.46. The van der Waals surface area contributed by atoms with Crippen LogP contribution in [0, 0.1) is 0 Å². The summed E-state index contributed by atoms with van der Waals surface area (Å²) >= 11 is 0. The number of benzene rings is 1. The van der Waals surface area contributed by atoms with Crippen LogP contribution in [0.25, 0.3) is 6.08 Å². The maximum atomic E-state index is 12.1. The van der Waals surface area contributed by atoms with Gasteiger partial charge in [-0.25, -0.2) is 0 Å². The van der Waals surface area contributed by atoms with E-state index in [-0.39, 0.29) is 18.6 Å². The van der Waals surface area contributed by atoms with Crippen molar-refractivity contribution in [1.29, 1.82) is 0 Å². The van der Waals surface area contributed by atoms with Crippen LogP contribution in [0.3, 0.4) is 0 Å². The second kappa shape index (κ2) is 8.21. The molecule has 5 nitrogen and oxygen atoms in total. The molecule has 0 saturated heterocycles. The second-order valence-electron chi connectivity index (χ2n) is 5.02. The summed E-state index contributed by atoms with van der Waals surface area (Å²) in [4.78, 5) is 24.8. The molecule has 114 valence electrons. The lowest BCUT2D eigenvalue weighted by Gasteiger charge is -2.25. The van der Waals surface area contributed by atoms with E-state index in [4.69, 9.17) is 10.8 Å². The number of nitrogens with zero attached hydrogens (tertiary/aromatic N) is 1. The van der Waals surface area contributed by atoms with Gasteiger partial charge in [0.2, 0.25) is 11.8 Å². The van der Waals surface area contributed by atoms with Crippen molar-refractivity contribution in [2.24, 2.45) is 5.73 Å². The van der Waals surface area contributed by atoms with Crippen LogP contribution >= 0.6 is 0 Å². The minimum absolute atomic E-state index is 0.0643. The number of aliphatic hydroxyl groups is 1. The Hall–Kier alpha value is -2.14. The Morgan fingerprint density at radius 2 is 1.90 bits per heavy atom.